The monoisotopic (exact) mass is 585 g/mol. The molecule has 0 aliphatic carbocycles. The maximum atomic E-state index is 13.3. The summed E-state index contributed by atoms with van der Waals surface area (Å²) < 4.78 is 142. The van der Waals surface area contributed by atoms with Crippen LogP contribution >= 0.6 is 11.6 Å². The molecule has 0 atom stereocenters. The number of benzene rings is 2. The van der Waals surface area contributed by atoms with Gasteiger partial charge < -0.3 is 19.7 Å². The number of hydrogen-bond donors (Lipinski definition) is 1. The van der Waals surface area contributed by atoms with Crippen molar-refractivity contribution < 1.29 is 36.2 Å². The first kappa shape index (κ1) is 15.0. The van der Waals surface area contributed by atoms with Crippen molar-refractivity contribution in [2.45, 2.75) is 26.9 Å². The van der Waals surface area contributed by atoms with Crippen LogP contribution in [0.15, 0.2) is 66.7 Å². The van der Waals surface area contributed by atoms with Crippen molar-refractivity contribution in [3.63, 3.8) is 0 Å². The molecule has 0 amide bonds. The van der Waals surface area contributed by atoms with E-state index in [2.05, 4.69) is 15.3 Å². The number of carbonyl (C=O) groups is 1. The zero-order valence-electron chi connectivity index (χ0n) is 38.0. The molecule has 0 aliphatic heterocycles. The van der Waals surface area contributed by atoms with E-state index in [9.17, 15) is 10.1 Å². The fourth-order valence-electron chi connectivity index (χ4n) is 3.38. The Hall–Kier alpha value is -4.45. The van der Waals surface area contributed by atoms with E-state index in [-0.39, 0.29) is 17.4 Å². The summed E-state index contributed by atoms with van der Waals surface area (Å²) in [7, 11) is 0.964. The highest BCUT2D eigenvalue weighted by atomic mass is 35.5. The number of nitrogens with zero attached hydrogens (tertiary/aromatic N) is 4. The number of hydrogen-bond acceptors (Lipinski definition) is 8. The van der Waals surface area contributed by atoms with Crippen LogP contribution in [0.4, 0.5) is 11.4 Å². The summed E-state index contributed by atoms with van der Waals surface area (Å²) in [5, 5.41) is 11.8. The van der Waals surface area contributed by atoms with Gasteiger partial charge >= 0.3 is 0 Å². The molecule has 0 saturated carbocycles. The van der Waals surface area contributed by atoms with Crippen molar-refractivity contribution in [1.82, 2.24) is 14.9 Å². The number of halogens is 1. The van der Waals surface area contributed by atoms with E-state index in [1.807, 2.05) is 0 Å². The average Bonchev–Trinajstić information content (AvgIpc) is 3.11. The molecule has 0 unspecified atom stereocenters. The van der Waals surface area contributed by atoms with Crippen molar-refractivity contribution in [3.05, 3.63) is 94.2 Å². The number of nitriles is 1. The molecule has 9 heteroatoms. The van der Waals surface area contributed by atoms with Gasteiger partial charge in [-0.05, 0) is 70.2 Å². The van der Waals surface area contributed by atoms with Crippen LogP contribution in [0.25, 0.3) is 10.9 Å². The van der Waals surface area contributed by atoms with Crippen LogP contribution in [0.5, 0.6) is 11.5 Å². The van der Waals surface area contributed by atoms with Crippen LogP contribution in [-0.4, -0.2) is 47.7 Å². The SMILES string of the molecule is [2H]c1nc2c([2H])c(OC([2H])([2H])C)c(CC(=O)/C=C/C([2H])([2H])N(C)C([2H])([2H])[2H])c([2H])c2c(Nc2c([2H])c([2H])c(OCc3nc(C)c([2H])c([2H])c3[2H])c(Cl)c2[2H])c1C#N. The van der Waals surface area contributed by atoms with E-state index in [0.29, 0.717) is 17.1 Å². The van der Waals surface area contributed by atoms with Crippen LogP contribution in [0, 0.1) is 18.3 Å². The molecule has 0 aliphatic rings. The topological polar surface area (TPSA) is 100 Å². The van der Waals surface area contributed by atoms with Crippen molar-refractivity contribution in [3.8, 4) is 17.6 Å². The highest BCUT2D eigenvalue weighted by Gasteiger charge is 2.16. The molecule has 0 saturated heterocycles. The summed E-state index contributed by atoms with van der Waals surface area (Å²) in [4.78, 5) is 21.7. The number of nitrogens with one attached hydrogen (secondary N) is 1. The lowest BCUT2D eigenvalue weighted by molar-refractivity contribution is -0.114. The normalized spacial score (nSPS) is 17.8. The fourth-order valence-corrected chi connectivity index (χ4v) is 3.58. The Morgan fingerprint density at radius 3 is 2.90 bits per heavy atom. The van der Waals surface area contributed by atoms with Crippen LogP contribution in [0.2, 0.25) is 5.02 Å². The molecule has 8 nitrogen and oxygen atoms in total. The van der Waals surface area contributed by atoms with Gasteiger partial charge in [0.25, 0.3) is 0 Å². The van der Waals surface area contributed by atoms with Gasteiger partial charge in [-0.25, -0.2) is 0 Å². The molecule has 2 aromatic heterocycles. The second kappa shape index (κ2) is 13.8. The minimum atomic E-state index is -2.88. The van der Waals surface area contributed by atoms with Crippen LogP contribution in [0.3, 0.4) is 0 Å². The Kier molecular flexibility index (Phi) is 5.02. The van der Waals surface area contributed by atoms with Crippen molar-refractivity contribution >= 4 is 39.7 Å². The molecule has 0 fully saturated rings. The number of aromatic nitrogens is 2. The molecular weight excluding hydrogens is 538 g/mol. The smallest absolute Gasteiger partial charge is 0.159 e. The van der Waals surface area contributed by atoms with Gasteiger partial charge in [0.05, 0.1) is 49.1 Å². The molecule has 4 rings (SSSR count). The molecule has 2 aromatic carbocycles. The Morgan fingerprint density at radius 2 is 2.12 bits per heavy atom. The third kappa shape index (κ3) is 7.82. The maximum Gasteiger partial charge on any atom is 0.159 e. The second-order valence-corrected chi connectivity index (χ2v) is 8.54. The minimum Gasteiger partial charge on any atom is -0.494 e. The Bertz CT molecular complexity index is 2350. The number of likely N-dealkylation sites (N-methyl/N-ethyl adjacent to an activating group) is 1. The summed E-state index contributed by atoms with van der Waals surface area (Å²) in [6.07, 6.45) is -0.270. The van der Waals surface area contributed by atoms with E-state index >= 15 is 0 Å². The predicted molar refractivity (Wildman–Crippen MR) is 162 cm³/mol. The average molecular weight is 586 g/mol. The van der Waals surface area contributed by atoms with E-state index in [1.54, 1.807) is 6.07 Å². The van der Waals surface area contributed by atoms with Crippen molar-refractivity contribution in [1.29, 1.82) is 5.26 Å². The quantitative estimate of drug-likeness (QED) is 0.190. The minimum absolute atomic E-state index is 0.0887. The van der Waals surface area contributed by atoms with E-state index in [0.717, 1.165) is 14.0 Å². The third-order valence-electron chi connectivity index (χ3n) is 5.09. The van der Waals surface area contributed by atoms with E-state index < -0.39 is 137 Å². The first-order valence-electron chi connectivity index (χ1n) is 19.8. The van der Waals surface area contributed by atoms with E-state index in [1.165, 1.54) is 6.92 Å². The molecule has 2 heterocycles. The number of rotatable bonds is 12. The number of allylic oxidation sites excluding steroid dienone is 1. The number of carbonyl (C=O) groups excluding carboxylic acids is 1. The second-order valence-electron chi connectivity index (χ2n) is 8.16. The number of ether oxygens (including phenoxy) is 2. The fraction of sp³-hybridized carbons (Fsp3) is 0.250. The highest BCUT2D eigenvalue weighted by Crippen LogP contribution is 2.36. The molecule has 0 spiro atoms. The van der Waals surface area contributed by atoms with Gasteiger partial charge in [0.15, 0.2) is 5.78 Å². The first-order chi connectivity index (χ1) is 26.1. The third-order valence-corrected chi connectivity index (χ3v) is 5.36. The Morgan fingerprint density at radius 1 is 1.27 bits per heavy atom. The van der Waals surface area contributed by atoms with Gasteiger partial charge in [0.1, 0.15) is 24.2 Å². The van der Waals surface area contributed by atoms with Crippen LogP contribution < -0.4 is 14.8 Å². The summed E-state index contributed by atoms with van der Waals surface area (Å²) in [5.74, 6) is -2.11. The van der Waals surface area contributed by atoms with E-state index in [4.69, 9.17) is 43.0 Å². The molecule has 0 bridgehead atoms. The molecule has 0 radical (unpaired) electrons. The Labute approximate surface area is 267 Å². The number of ketones is 1. The number of fused-ring (bicyclic) bond motifs is 1. The lowest BCUT2D eigenvalue weighted by Gasteiger charge is -2.16. The molecule has 1 N–H and O–H groups in total. The molecule has 41 heavy (non-hydrogen) atoms. The predicted octanol–water partition coefficient (Wildman–Crippen LogP) is 6.41. The zero-order valence-corrected chi connectivity index (χ0v) is 22.7. The van der Waals surface area contributed by atoms with Gasteiger partial charge in [-0.2, -0.15) is 5.26 Å². The largest absolute Gasteiger partial charge is 0.494 e. The molecule has 4 aromatic rings. The van der Waals surface area contributed by atoms with Gasteiger partial charge in [0, 0.05) is 54.3 Å². The maximum absolute atomic E-state index is 13.3. The first-order valence-corrected chi connectivity index (χ1v) is 12.2. The summed E-state index contributed by atoms with van der Waals surface area (Å²) in [6.45, 7) is -6.19. The van der Waals surface area contributed by atoms with Gasteiger partial charge in [-0.3, -0.25) is 14.8 Å². The van der Waals surface area contributed by atoms with Gasteiger partial charge in [-0.15, -0.1) is 0 Å². The van der Waals surface area contributed by atoms with Gasteiger partial charge in [-0.1, -0.05) is 23.7 Å². The number of aryl methyl sites for hydroxylation is 1. The summed E-state index contributed by atoms with van der Waals surface area (Å²) >= 11 is 6.46. The Balaban J connectivity index is 1.91. The summed E-state index contributed by atoms with van der Waals surface area (Å²) in [6, 6.07) is -2.96. The lowest BCUT2D eigenvalue weighted by Crippen LogP contribution is -2.11. The van der Waals surface area contributed by atoms with Gasteiger partial charge in [0.2, 0.25) is 0 Å². The highest BCUT2D eigenvalue weighted by molar-refractivity contribution is 6.32. The zero-order chi connectivity index (χ0) is 43.3. The number of pyridine rings is 2. The van der Waals surface area contributed by atoms with Crippen LogP contribution in [0.1, 0.15) is 51.4 Å². The molecular formula is C32H32ClN5O3. The van der Waals surface area contributed by atoms with Crippen molar-refractivity contribution in [2.24, 2.45) is 0 Å². The lowest BCUT2D eigenvalue weighted by atomic mass is 10.0. The van der Waals surface area contributed by atoms with Crippen LogP contribution in [-0.2, 0) is 17.8 Å². The number of anilines is 2. The standard InChI is InChI=1S/C32H32ClN5O3/c1-5-40-31-17-29-27(15-22(31)14-26(39)10-7-13-38(3)4)32(23(18-34)19-35-29)37-24-11-12-30(28(33)16-24)41-20-25-9-6-8-21(2)36-25/h6-12,15-17,19H,5,13-14,20H2,1-4H3,(H,35,37)/b10-7+/i3D3,5D2,6D,8D,9D,11D,12D,13D2,15D,16D,17D,19D. The van der Waals surface area contributed by atoms with Crippen molar-refractivity contribution in [2.75, 3.05) is 32.4 Å². The summed E-state index contributed by atoms with van der Waals surface area (Å²) in [5.41, 5.74) is -2.54. The molecule has 210 valence electrons.